The second kappa shape index (κ2) is 4.39. The maximum Gasteiger partial charge on any atom is 0.115 e. The van der Waals surface area contributed by atoms with Crippen molar-refractivity contribution in [3.63, 3.8) is 0 Å². The first-order valence-corrected chi connectivity index (χ1v) is 13.1. The van der Waals surface area contributed by atoms with Crippen molar-refractivity contribution in [1.82, 2.24) is 4.23 Å². The van der Waals surface area contributed by atoms with E-state index in [9.17, 15) is 0 Å². The Morgan fingerprint density at radius 1 is 1.14 bits per heavy atom. The number of rotatable bonds is 3. The molecule has 0 aromatic rings. The van der Waals surface area contributed by atoms with E-state index >= 15 is 0 Å². The van der Waals surface area contributed by atoms with Crippen molar-refractivity contribution in [3.05, 3.63) is 0 Å². The van der Waals surface area contributed by atoms with Gasteiger partial charge in [-0.15, -0.1) is 0 Å². The van der Waals surface area contributed by atoms with Crippen LogP contribution in [0.15, 0.2) is 0 Å². The van der Waals surface area contributed by atoms with Crippen LogP contribution in [-0.4, -0.2) is 32.6 Å². The standard InChI is InChI=1S/C10H24BrNSi2/c1-10(8-11)9-12-13(2,3)6-7-14(12,4)5/h10H,6-9H2,1-5H3. The molecule has 1 saturated heterocycles. The van der Waals surface area contributed by atoms with Crippen LogP contribution in [0.1, 0.15) is 6.92 Å². The van der Waals surface area contributed by atoms with Crippen LogP contribution in [0.2, 0.25) is 38.3 Å². The highest BCUT2D eigenvalue weighted by Gasteiger charge is 2.47. The lowest BCUT2D eigenvalue weighted by molar-refractivity contribution is 0.508. The molecular formula is C10H24BrNSi2. The Morgan fingerprint density at radius 2 is 1.57 bits per heavy atom. The van der Waals surface area contributed by atoms with Gasteiger partial charge in [-0.1, -0.05) is 49.0 Å². The van der Waals surface area contributed by atoms with Gasteiger partial charge in [0.2, 0.25) is 0 Å². The van der Waals surface area contributed by atoms with E-state index in [2.05, 4.69) is 53.3 Å². The van der Waals surface area contributed by atoms with Crippen LogP contribution in [0.5, 0.6) is 0 Å². The monoisotopic (exact) mass is 293 g/mol. The summed E-state index contributed by atoms with van der Waals surface area (Å²) in [7, 11) is -2.02. The molecule has 1 atom stereocenters. The van der Waals surface area contributed by atoms with Gasteiger partial charge in [0.1, 0.15) is 16.5 Å². The van der Waals surface area contributed by atoms with Crippen LogP contribution in [0.25, 0.3) is 0 Å². The lowest BCUT2D eigenvalue weighted by Crippen LogP contribution is -2.56. The fourth-order valence-corrected chi connectivity index (χ4v) is 17.0. The molecule has 1 rings (SSSR count). The van der Waals surface area contributed by atoms with Gasteiger partial charge in [0.25, 0.3) is 0 Å². The average molecular weight is 294 g/mol. The molecule has 0 aromatic carbocycles. The molecule has 0 aliphatic carbocycles. The fourth-order valence-electron chi connectivity index (χ4n) is 2.56. The molecular weight excluding hydrogens is 270 g/mol. The van der Waals surface area contributed by atoms with Crippen molar-refractivity contribution in [2.24, 2.45) is 5.92 Å². The summed E-state index contributed by atoms with van der Waals surface area (Å²) in [5, 5.41) is 1.15. The highest BCUT2D eigenvalue weighted by atomic mass is 79.9. The maximum atomic E-state index is 3.60. The Balaban J connectivity index is 2.71. The van der Waals surface area contributed by atoms with Gasteiger partial charge in [0.15, 0.2) is 0 Å². The summed E-state index contributed by atoms with van der Waals surface area (Å²) in [6, 6.07) is 3.06. The zero-order valence-corrected chi connectivity index (χ0v) is 13.8. The lowest BCUT2D eigenvalue weighted by atomic mass is 10.2. The third-order valence-electron chi connectivity index (χ3n) is 3.57. The molecule has 4 heteroatoms. The minimum atomic E-state index is -1.01. The number of halogens is 1. The molecule has 0 bridgehead atoms. The zero-order chi connectivity index (χ0) is 11.0. The Morgan fingerprint density at radius 3 is 1.93 bits per heavy atom. The molecule has 0 N–H and O–H groups in total. The van der Waals surface area contributed by atoms with Gasteiger partial charge in [-0.05, 0) is 24.6 Å². The molecule has 1 aliphatic rings. The predicted octanol–water partition coefficient (Wildman–Crippen LogP) is 3.74. The van der Waals surface area contributed by atoms with Crippen molar-refractivity contribution >= 4 is 32.4 Å². The number of hydrogen-bond acceptors (Lipinski definition) is 1. The van der Waals surface area contributed by atoms with Gasteiger partial charge in [-0.2, -0.15) is 0 Å². The molecule has 1 unspecified atom stereocenters. The van der Waals surface area contributed by atoms with Gasteiger partial charge >= 0.3 is 0 Å². The van der Waals surface area contributed by atoms with Gasteiger partial charge in [-0.3, -0.25) is 0 Å². The second-order valence-corrected chi connectivity index (χ2v) is 16.4. The highest BCUT2D eigenvalue weighted by molar-refractivity contribution is 9.09. The SMILES string of the molecule is CC(CBr)CN1[Si](C)(C)CC[Si]1(C)C. The topological polar surface area (TPSA) is 3.24 Å². The molecule has 0 saturated carbocycles. The van der Waals surface area contributed by atoms with E-state index in [4.69, 9.17) is 0 Å². The summed E-state index contributed by atoms with van der Waals surface area (Å²) in [5.41, 5.74) is 0. The minimum Gasteiger partial charge on any atom is -0.345 e. The summed E-state index contributed by atoms with van der Waals surface area (Å²) in [6.45, 7) is 13.9. The van der Waals surface area contributed by atoms with Gasteiger partial charge in [0, 0.05) is 5.33 Å². The van der Waals surface area contributed by atoms with Crippen LogP contribution in [-0.2, 0) is 0 Å². The first-order chi connectivity index (χ1) is 6.29. The normalized spacial score (nSPS) is 27.9. The van der Waals surface area contributed by atoms with E-state index in [0.717, 1.165) is 11.2 Å². The van der Waals surface area contributed by atoms with E-state index < -0.39 is 16.5 Å². The summed E-state index contributed by atoms with van der Waals surface area (Å²) < 4.78 is 2.96. The van der Waals surface area contributed by atoms with Crippen LogP contribution in [0, 0.1) is 5.92 Å². The lowest BCUT2D eigenvalue weighted by Gasteiger charge is -2.40. The number of nitrogens with zero attached hydrogens (tertiary/aromatic N) is 1. The van der Waals surface area contributed by atoms with Crippen molar-refractivity contribution < 1.29 is 0 Å². The van der Waals surface area contributed by atoms with Crippen molar-refractivity contribution in [2.45, 2.75) is 45.2 Å². The number of alkyl halides is 1. The van der Waals surface area contributed by atoms with Gasteiger partial charge in [0.05, 0.1) is 0 Å². The molecule has 84 valence electrons. The van der Waals surface area contributed by atoms with Crippen LogP contribution < -0.4 is 0 Å². The molecule has 14 heavy (non-hydrogen) atoms. The van der Waals surface area contributed by atoms with Gasteiger partial charge < -0.3 is 4.23 Å². The molecule has 0 radical (unpaired) electrons. The fraction of sp³-hybridized carbons (Fsp3) is 1.00. The third kappa shape index (κ3) is 2.71. The van der Waals surface area contributed by atoms with Crippen LogP contribution in [0.3, 0.4) is 0 Å². The molecule has 1 fully saturated rings. The highest BCUT2D eigenvalue weighted by Crippen LogP contribution is 2.37. The first-order valence-electron chi connectivity index (χ1n) is 5.63. The molecule has 1 heterocycles. The maximum absolute atomic E-state index is 3.60. The number of hydrogen-bond donors (Lipinski definition) is 0. The molecule has 0 aromatic heterocycles. The zero-order valence-electron chi connectivity index (χ0n) is 10.2. The van der Waals surface area contributed by atoms with E-state index in [-0.39, 0.29) is 0 Å². The minimum absolute atomic E-state index is 0.812. The molecule has 1 nitrogen and oxygen atoms in total. The Hall–Kier alpha value is 0.874. The first kappa shape index (κ1) is 12.9. The Labute approximate surface area is 99.6 Å². The molecule has 1 aliphatic heterocycles. The van der Waals surface area contributed by atoms with Crippen LogP contribution >= 0.6 is 15.9 Å². The predicted molar refractivity (Wildman–Crippen MR) is 74.2 cm³/mol. The molecule has 0 amide bonds. The summed E-state index contributed by atoms with van der Waals surface area (Å²) in [4.78, 5) is 0. The van der Waals surface area contributed by atoms with E-state index in [1.807, 2.05) is 0 Å². The van der Waals surface area contributed by atoms with Crippen LogP contribution in [0.4, 0.5) is 0 Å². The van der Waals surface area contributed by atoms with Gasteiger partial charge in [-0.25, -0.2) is 0 Å². The third-order valence-corrected chi connectivity index (χ3v) is 15.0. The van der Waals surface area contributed by atoms with E-state index in [1.165, 1.54) is 18.6 Å². The van der Waals surface area contributed by atoms with Crippen molar-refractivity contribution in [2.75, 3.05) is 11.9 Å². The quantitative estimate of drug-likeness (QED) is 0.566. The van der Waals surface area contributed by atoms with Crippen molar-refractivity contribution in [3.8, 4) is 0 Å². The van der Waals surface area contributed by atoms with Crippen molar-refractivity contribution in [1.29, 1.82) is 0 Å². The molecule has 0 spiro atoms. The Kier molecular flexibility index (Phi) is 4.06. The summed E-state index contributed by atoms with van der Waals surface area (Å²) in [6.07, 6.45) is 0. The second-order valence-electron chi connectivity index (χ2n) is 5.99. The summed E-state index contributed by atoms with van der Waals surface area (Å²) >= 11 is 3.60. The van der Waals surface area contributed by atoms with E-state index in [1.54, 1.807) is 0 Å². The smallest absolute Gasteiger partial charge is 0.115 e. The Bertz CT molecular complexity index is 190. The van der Waals surface area contributed by atoms with E-state index in [0.29, 0.717) is 0 Å². The average Bonchev–Trinajstić information content (AvgIpc) is 2.28. The summed E-state index contributed by atoms with van der Waals surface area (Å²) in [5.74, 6) is 0.812. The largest absolute Gasteiger partial charge is 0.345 e.